The molecule has 1 fully saturated rings. The van der Waals surface area contributed by atoms with E-state index in [9.17, 15) is 4.79 Å². The lowest BCUT2D eigenvalue weighted by Crippen LogP contribution is -2.41. The molecule has 0 unspecified atom stereocenters. The molecular weight excluding hydrogens is 306 g/mol. The van der Waals surface area contributed by atoms with Crippen molar-refractivity contribution in [3.05, 3.63) is 42.0 Å². The molecule has 2 heterocycles. The molecule has 3 rings (SSSR count). The summed E-state index contributed by atoms with van der Waals surface area (Å²) >= 11 is 0. The number of aromatic amines is 1. The molecule has 1 amide bonds. The predicted octanol–water partition coefficient (Wildman–Crippen LogP) is 2.51. The van der Waals surface area contributed by atoms with E-state index in [0.29, 0.717) is 12.3 Å². The van der Waals surface area contributed by atoms with Crippen LogP contribution in [-0.2, 0) is 4.79 Å². The first kappa shape index (κ1) is 16.4. The van der Waals surface area contributed by atoms with Crippen molar-refractivity contribution in [2.24, 2.45) is 0 Å². The molecule has 0 aliphatic carbocycles. The van der Waals surface area contributed by atoms with Gasteiger partial charge in [-0.15, -0.1) is 0 Å². The number of carbonyl (C=O) groups is 1. The van der Waals surface area contributed by atoms with Crippen molar-refractivity contribution in [1.29, 1.82) is 0 Å². The summed E-state index contributed by atoms with van der Waals surface area (Å²) in [6, 6.07) is 7.24. The number of likely N-dealkylation sites (tertiary alicyclic amines) is 1. The van der Waals surface area contributed by atoms with Gasteiger partial charge in [0, 0.05) is 30.9 Å². The highest BCUT2D eigenvalue weighted by Gasteiger charge is 2.26. The molecule has 128 valence electrons. The summed E-state index contributed by atoms with van der Waals surface area (Å²) in [6.45, 7) is 3.51. The SMILES string of the molecule is COc1ccc(OCC(=O)N2CCC[C@@H](c3ncc(C)[nH]3)C2)cc1. The van der Waals surface area contributed by atoms with Gasteiger partial charge in [0.05, 0.1) is 7.11 Å². The largest absolute Gasteiger partial charge is 0.497 e. The average Bonchev–Trinajstić information content (AvgIpc) is 3.06. The van der Waals surface area contributed by atoms with Crippen molar-refractivity contribution in [2.45, 2.75) is 25.7 Å². The Labute approximate surface area is 141 Å². The third-order valence-corrected chi connectivity index (χ3v) is 4.31. The van der Waals surface area contributed by atoms with Crippen LogP contribution in [0.4, 0.5) is 0 Å². The van der Waals surface area contributed by atoms with Gasteiger partial charge in [0.25, 0.3) is 5.91 Å². The van der Waals surface area contributed by atoms with E-state index >= 15 is 0 Å². The summed E-state index contributed by atoms with van der Waals surface area (Å²) < 4.78 is 10.7. The zero-order chi connectivity index (χ0) is 16.9. The van der Waals surface area contributed by atoms with Crippen LogP contribution in [0.2, 0.25) is 0 Å². The van der Waals surface area contributed by atoms with Crippen LogP contribution in [0, 0.1) is 6.92 Å². The Morgan fingerprint density at radius 2 is 2.08 bits per heavy atom. The van der Waals surface area contributed by atoms with E-state index in [0.717, 1.165) is 36.7 Å². The number of ether oxygens (including phenoxy) is 2. The van der Waals surface area contributed by atoms with Gasteiger partial charge in [-0.2, -0.15) is 0 Å². The maximum atomic E-state index is 12.4. The van der Waals surface area contributed by atoms with E-state index in [2.05, 4.69) is 9.97 Å². The molecule has 1 aliphatic rings. The summed E-state index contributed by atoms with van der Waals surface area (Å²) in [7, 11) is 1.62. The van der Waals surface area contributed by atoms with Gasteiger partial charge in [-0.25, -0.2) is 4.98 Å². The minimum atomic E-state index is 0.0128. The maximum absolute atomic E-state index is 12.4. The van der Waals surface area contributed by atoms with Crippen LogP contribution in [0.1, 0.15) is 30.3 Å². The smallest absolute Gasteiger partial charge is 0.260 e. The van der Waals surface area contributed by atoms with E-state index in [1.165, 1.54) is 0 Å². The lowest BCUT2D eigenvalue weighted by atomic mass is 9.97. The Hall–Kier alpha value is -2.50. The van der Waals surface area contributed by atoms with Gasteiger partial charge < -0.3 is 19.4 Å². The fourth-order valence-electron chi connectivity index (χ4n) is 2.98. The fourth-order valence-corrected chi connectivity index (χ4v) is 2.98. The van der Waals surface area contributed by atoms with Crippen molar-refractivity contribution in [3.8, 4) is 11.5 Å². The summed E-state index contributed by atoms with van der Waals surface area (Å²) in [5, 5.41) is 0. The molecule has 2 aromatic rings. The second kappa shape index (κ2) is 7.38. The number of aromatic nitrogens is 2. The molecule has 0 bridgehead atoms. The van der Waals surface area contributed by atoms with Crippen molar-refractivity contribution in [1.82, 2.24) is 14.9 Å². The molecule has 0 spiro atoms. The van der Waals surface area contributed by atoms with Crippen LogP contribution in [0.25, 0.3) is 0 Å². The number of rotatable bonds is 5. The van der Waals surface area contributed by atoms with Crippen molar-refractivity contribution in [2.75, 3.05) is 26.8 Å². The van der Waals surface area contributed by atoms with Crippen molar-refractivity contribution < 1.29 is 14.3 Å². The van der Waals surface area contributed by atoms with E-state index < -0.39 is 0 Å². The first-order valence-corrected chi connectivity index (χ1v) is 8.22. The fraction of sp³-hybridized carbons (Fsp3) is 0.444. The van der Waals surface area contributed by atoms with Gasteiger partial charge in [0.1, 0.15) is 17.3 Å². The Morgan fingerprint density at radius 3 is 2.75 bits per heavy atom. The number of imidazole rings is 1. The first-order chi connectivity index (χ1) is 11.7. The summed E-state index contributed by atoms with van der Waals surface area (Å²) in [5.74, 6) is 2.69. The molecule has 1 aromatic heterocycles. The van der Waals surface area contributed by atoms with E-state index in [1.54, 1.807) is 19.2 Å². The van der Waals surface area contributed by atoms with Crippen LogP contribution >= 0.6 is 0 Å². The Bertz CT molecular complexity index is 681. The standard InChI is InChI=1S/C18H23N3O3/c1-13-10-19-18(20-13)14-4-3-9-21(11-14)17(22)12-24-16-7-5-15(23-2)6-8-16/h5-8,10,14H,3-4,9,11-12H2,1-2H3,(H,19,20)/t14-/m1/s1. The number of hydrogen-bond acceptors (Lipinski definition) is 4. The summed E-state index contributed by atoms with van der Waals surface area (Å²) in [5.41, 5.74) is 1.05. The molecule has 0 radical (unpaired) electrons. The van der Waals surface area contributed by atoms with Crippen LogP contribution in [-0.4, -0.2) is 47.6 Å². The number of hydrogen-bond donors (Lipinski definition) is 1. The van der Waals surface area contributed by atoms with Crippen molar-refractivity contribution in [3.63, 3.8) is 0 Å². The maximum Gasteiger partial charge on any atom is 0.260 e. The Kier molecular flexibility index (Phi) is 5.03. The Morgan fingerprint density at radius 1 is 1.33 bits per heavy atom. The molecule has 24 heavy (non-hydrogen) atoms. The minimum Gasteiger partial charge on any atom is -0.497 e. The highest BCUT2D eigenvalue weighted by Crippen LogP contribution is 2.25. The lowest BCUT2D eigenvalue weighted by molar-refractivity contribution is -0.134. The number of amides is 1. The number of carbonyl (C=O) groups excluding carboxylic acids is 1. The monoisotopic (exact) mass is 329 g/mol. The van der Waals surface area contributed by atoms with Gasteiger partial charge in [0.2, 0.25) is 0 Å². The van der Waals surface area contributed by atoms with Gasteiger partial charge in [-0.05, 0) is 44.0 Å². The number of piperidine rings is 1. The normalized spacial score (nSPS) is 17.6. The molecule has 1 atom stereocenters. The van der Waals surface area contributed by atoms with E-state index in [1.807, 2.05) is 30.2 Å². The van der Waals surface area contributed by atoms with E-state index in [-0.39, 0.29) is 18.4 Å². The molecule has 1 N–H and O–H groups in total. The zero-order valence-corrected chi connectivity index (χ0v) is 14.1. The molecular formula is C18H23N3O3. The van der Waals surface area contributed by atoms with Gasteiger partial charge >= 0.3 is 0 Å². The second-order valence-corrected chi connectivity index (χ2v) is 6.09. The molecule has 6 heteroatoms. The molecule has 1 aromatic carbocycles. The number of benzene rings is 1. The summed E-state index contributed by atoms with van der Waals surface area (Å²) in [6.07, 6.45) is 3.87. The molecule has 0 saturated carbocycles. The van der Waals surface area contributed by atoms with Crippen LogP contribution in [0.3, 0.4) is 0 Å². The van der Waals surface area contributed by atoms with Gasteiger partial charge in [-0.1, -0.05) is 0 Å². The topological polar surface area (TPSA) is 67.5 Å². The molecule has 6 nitrogen and oxygen atoms in total. The van der Waals surface area contributed by atoms with Crippen molar-refractivity contribution >= 4 is 5.91 Å². The highest BCUT2D eigenvalue weighted by molar-refractivity contribution is 5.78. The third-order valence-electron chi connectivity index (χ3n) is 4.31. The minimum absolute atomic E-state index is 0.0128. The van der Waals surface area contributed by atoms with Crippen LogP contribution in [0.5, 0.6) is 11.5 Å². The average molecular weight is 329 g/mol. The van der Waals surface area contributed by atoms with Gasteiger partial charge in [-0.3, -0.25) is 4.79 Å². The predicted molar refractivity (Wildman–Crippen MR) is 90.4 cm³/mol. The Balaban J connectivity index is 1.54. The number of H-pyrrole nitrogens is 1. The number of nitrogens with zero attached hydrogens (tertiary/aromatic N) is 2. The number of methoxy groups -OCH3 is 1. The van der Waals surface area contributed by atoms with Crippen LogP contribution in [0.15, 0.2) is 30.5 Å². The van der Waals surface area contributed by atoms with Gasteiger partial charge in [0.15, 0.2) is 6.61 Å². The first-order valence-electron chi connectivity index (χ1n) is 8.22. The summed E-state index contributed by atoms with van der Waals surface area (Å²) in [4.78, 5) is 22.0. The third kappa shape index (κ3) is 3.88. The second-order valence-electron chi connectivity index (χ2n) is 6.09. The molecule has 1 aliphatic heterocycles. The van der Waals surface area contributed by atoms with E-state index in [4.69, 9.17) is 9.47 Å². The molecule has 1 saturated heterocycles. The number of aryl methyl sites for hydroxylation is 1. The lowest BCUT2D eigenvalue weighted by Gasteiger charge is -2.31. The highest BCUT2D eigenvalue weighted by atomic mass is 16.5. The van der Waals surface area contributed by atoms with Crippen LogP contribution < -0.4 is 9.47 Å². The zero-order valence-electron chi connectivity index (χ0n) is 14.1. The number of nitrogens with one attached hydrogen (secondary N) is 1. The quantitative estimate of drug-likeness (QED) is 0.915.